The second kappa shape index (κ2) is 10.4. The van der Waals surface area contributed by atoms with E-state index >= 15 is 0 Å². The fourth-order valence-corrected chi connectivity index (χ4v) is 6.99. The fraction of sp³-hybridized carbons (Fsp3) is 0.222. The van der Waals surface area contributed by atoms with Crippen LogP contribution < -0.4 is 9.75 Å². The maximum Gasteiger partial charge on any atom is 0.315 e. The van der Waals surface area contributed by atoms with Crippen molar-refractivity contribution in [1.82, 2.24) is 4.31 Å². The van der Waals surface area contributed by atoms with Gasteiger partial charge in [-0.3, -0.25) is 9.59 Å². The fourth-order valence-electron chi connectivity index (χ4n) is 4.32. The van der Waals surface area contributed by atoms with Crippen LogP contribution in [-0.2, 0) is 19.6 Å². The molecule has 37 heavy (non-hydrogen) atoms. The van der Waals surface area contributed by atoms with Crippen molar-refractivity contribution in [3.63, 3.8) is 0 Å². The number of para-hydroxylation sites is 1. The van der Waals surface area contributed by atoms with E-state index in [1.165, 1.54) is 20.7 Å². The largest absolute Gasteiger partial charge is 0.426 e. The molecule has 0 radical (unpaired) electrons. The zero-order valence-corrected chi connectivity index (χ0v) is 21.7. The number of amides is 1. The van der Waals surface area contributed by atoms with E-state index in [0.717, 1.165) is 5.56 Å². The van der Waals surface area contributed by atoms with Gasteiger partial charge in [0.15, 0.2) is 0 Å². The van der Waals surface area contributed by atoms with Crippen molar-refractivity contribution in [3.8, 4) is 5.75 Å². The van der Waals surface area contributed by atoms with Crippen molar-refractivity contribution in [1.29, 1.82) is 0 Å². The molecule has 1 atom stereocenters. The van der Waals surface area contributed by atoms with Crippen molar-refractivity contribution >= 4 is 50.7 Å². The number of thiophene rings is 1. The summed E-state index contributed by atoms with van der Waals surface area (Å²) in [4.78, 5) is 25.7. The van der Waals surface area contributed by atoms with Gasteiger partial charge < -0.3 is 4.74 Å². The molecule has 3 aromatic rings. The predicted octanol–water partition coefficient (Wildman–Crippen LogP) is 4.56. The Hall–Kier alpha value is -3.60. The SMILES string of the molecule is CC1=NN(c2ccccc2)C(=O)/C1=C\c1ccc(OC(=O)C2CCCN(S(=O)(=O)c3cccs3)C2)cc1. The highest BCUT2D eigenvalue weighted by atomic mass is 32.2. The van der Waals surface area contributed by atoms with Gasteiger partial charge in [0.2, 0.25) is 0 Å². The molecular weight excluding hydrogens is 510 g/mol. The van der Waals surface area contributed by atoms with Crippen LogP contribution in [0, 0.1) is 5.92 Å². The van der Waals surface area contributed by atoms with Crippen molar-refractivity contribution in [2.45, 2.75) is 24.0 Å². The molecule has 0 N–H and O–H groups in total. The molecule has 1 fully saturated rings. The normalized spacial score (nSPS) is 19.8. The Morgan fingerprint density at radius 1 is 1.08 bits per heavy atom. The van der Waals surface area contributed by atoms with Gasteiger partial charge in [0, 0.05) is 13.1 Å². The zero-order valence-electron chi connectivity index (χ0n) is 20.1. The smallest absolute Gasteiger partial charge is 0.315 e. The number of carbonyl (C=O) groups is 2. The molecule has 0 saturated carbocycles. The van der Waals surface area contributed by atoms with Gasteiger partial charge in [-0.15, -0.1) is 11.3 Å². The van der Waals surface area contributed by atoms with Gasteiger partial charge in [-0.1, -0.05) is 36.4 Å². The summed E-state index contributed by atoms with van der Waals surface area (Å²) in [5.74, 6) is -0.841. The number of sulfonamides is 1. The number of esters is 1. The molecule has 1 aromatic heterocycles. The highest BCUT2D eigenvalue weighted by Gasteiger charge is 2.35. The van der Waals surface area contributed by atoms with Crippen molar-refractivity contribution in [2.75, 3.05) is 18.1 Å². The first kappa shape index (κ1) is 25.1. The monoisotopic (exact) mass is 535 g/mol. The van der Waals surface area contributed by atoms with E-state index in [1.54, 1.807) is 54.8 Å². The molecule has 2 aliphatic rings. The zero-order chi connectivity index (χ0) is 26.0. The van der Waals surface area contributed by atoms with Crippen LogP contribution in [0.5, 0.6) is 5.75 Å². The molecular formula is C27H25N3O5S2. The van der Waals surface area contributed by atoms with Gasteiger partial charge in [0.1, 0.15) is 9.96 Å². The Labute approximate surface area is 219 Å². The number of carbonyl (C=O) groups excluding carboxylic acids is 2. The maximum atomic E-state index is 12.9. The van der Waals surface area contributed by atoms with Crippen molar-refractivity contribution < 1.29 is 22.7 Å². The minimum absolute atomic E-state index is 0.0991. The van der Waals surface area contributed by atoms with Crippen LogP contribution in [0.15, 0.2) is 87.0 Å². The lowest BCUT2D eigenvalue weighted by Gasteiger charge is -2.30. The molecule has 1 unspecified atom stereocenters. The van der Waals surface area contributed by atoms with Gasteiger partial charge in [-0.25, -0.2) is 8.42 Å². The second-order valence-electron chi connectivity index (χ2n) is 8.82. The third-order valence-electron chi connectivity index (χ3n) is 6.28. The Kier molecular flexibility index (Phi) is 7.05. The first-order chi connectivity index (χ1) is 17.8. The van der Waals surface area contributed by atoms with Gasteiger partial charge in [-0.2, -0.15) is 14.4 Å². The third-order valence-corrected chi connectivity index (χ3v) is 9.52. The highest BCUT2D eigenvalue weighted by molar-refractivity contribution is 7.91. The first-order valence-corrected chi connectivity index (χ1v) is 14.2. The van der Waals surface area contributed by atoms with Gasteiger partial charge in [0.05, 0.1) is 22.9 Å². The molecule has 2 aromatic carbocycles. The van der Waals surface area contributed by atoms with E-state index in [-0.39, 0.29) is 16.7 Å². The lowest BCUT2D eigenvalue weighted by Crippen LogP contribution is -2.43. The number of rotatable bonds is 6. The Morgan fingerprint density at radius 3 is 2.54 bits per heavy atom. The lowest BCUT2D eigenvalue weighted by molar-refractivity contribution is -0.140. The first-order valence-electron chi connectivity index (χ1n) is 11.8. The third kappa shape index (κ3) is 5.27. The molecule has 0 aliphatic carbocycles. The summed E-state index contributed by atoms with van der Waals surface area (Å²) in [6.07, 6.45) is 2.91. The highest BCUT2D eigenvalue weighted by Crippen LogP contribution is 2.28. The molecule has 3 heterocycles. The summed E-state index contributed by atoms with van der Waals surface area (Å²) in [5, 5.41) is 7.48. The molecule has 8 nitrogen and oxygen atoms in total. The average molecular weight is 536 g/mol. The van der Waals surface area contributed by atoms with Gasteiger partial charge in [-0.05, 0) is 67.1 Å². The molecule has 5 rings (SSSR count). The summed E-state index contributed by atoms with van der Waals surface area (Å²) in [7, 11) is -3.61. The molecule has 1 amide bonds. The Bertz CT molecular complexity index is 1460. The minimum atomic E-state index is -3.61. The van der Waals surface area contributed by atoms with E-state index in [9.17, 15) is 18.0 Å². The van der Waals surface area contributed by atoms with E-state index < -0.39 is 21.9 Å². The van der Waals surface area contributed by atoms with Crippen molar-refractivity contribution in [3.05, 3.63) is 83.2 Å². The van der Waals surface area contributed by atoms with Crippen LogP contribution in [0.3, 0.4) is 0 Å². The number of piperidine rings is 1. The van der Waals surface area contributed by atoms with Crippen LogP contribution in [0.25, 0.3) is 6.08 Å². The quantitative estimate of drug-likeness (QED) is 0.262. The van der Waals surface area contributed by atoms with Crippen molar-refractivity contribution in [2.24, 2.45) is 11.0 Å². The second-order valence-corrected chi connectivity index (χ2v) is 11.9. The predicted molar refractivity (Wildman–Crippen MR) is 143 cm³/mol. The number of hydrogen-bond donors (Lipinski definition) is 0. The summed E-state index contributed by atoms with van der Waals surface area (Å²) in [5.41, 5.74) is 2.56. The number of benzene rings is 2. The van der Waals surface area contributed by atoms with Crippen LogP contribution in [0.2, 0.25) is 0 Å². The topological polar surface area (TPSA) is 96.3 Å². The lowest BCUT2D eigenvalue weighted by atomic mass is 10.00. The molecule has 10 heteroatoms. The molecule has 2 aliphatic heterocycles. The van der Waals surface area contributed by atoms with Crippen LogP contribution in [0.1, 0.15) is 25.3 Å². The molecule has 0 bridgehead atoms. The Morgan fingerprint density at radius 2 is 1.84 bits per heavy atom. The summed E-state index contributed by atoms with van der Waals surface area (Å²) >= 11 is 1.17. The van der Waals surface area contributed by atoms with E-state index in [4.69, 9.17) is 4.74 Å². The Balaban J connectivity index is 1.24. The summed E-state index contributed by atoms with van der Waals surface area (Å²) < 4.78 is 32.9. The molecule has 1 saturated heterocycles. The standard InChI is InChI=1S/C27H25N3O5S2/c1-19-24(26(31)30(28-19)22-8-3-2-4-9-22)17-20-11-13-23(14-12-20)35-27(32)21-7-5-15-29(18-21)37(33,34)25-10-6-16-36-25/h2-4,6,8-14,16-17,21H,5,7,15,18H2,1H3/b24-17-. The van der Waals surface area contributed by atoms with Crippen LogP contribution >= 0.6 is 11.3 Å². The van der Waals surface area contributed by atoms with E-state index in [1.807, 2.05) is 30.3 Å². The molecule has 190 valence electrons. The van der Waals surface area contributed by atoms with Gasteiger partial charge in [0.25, 0.3) is 15.9 Å². The summed E-state index contributed by atoms with van der Waals surface area (Å²) in [6.45, 7) is 2.27. The van der Waals surface area contributed by atoms with Crippen LogP contribution in [-0.4, -0.2) is 43.4 Å². The van der Waals surface area contributed by atoms with Crippen LogP contribution in [0.4, 0.5) is 5.69 Å². The summed E-state index contributed by atoms with van der Waals surface area (Å²) in [6, 6.07) is 19.3. The number of hydrazone groups is 1. The number of hydrogen-bond acceptors (Lipinski definition) is 7. The van der Waals surface area contributed by atoms with E-state index in [2.05, 4.69) is 5.10 Å². The number of anilines is 1. The number of nitrogens with zero attached hydrogens (tertiary/aromatic N) is 3. The maximum absolute atomic E-state index is 12.9. The number of ether oxygens (including phenoxy) is 1. The van der Waals surface area contributed by atoms with Gasteiger partial charge >= 0.3 is 5.97 Å². The average Bonchev–Trinajstić information content (AvgIpc) is 3.56. The minimum Gasteiger partial charge on any atom is -0.426 e. The molecule has 0 spiro atoms. The van der Waals surface area contributed by atoms with E-state index in [0.29, 0.717) is 42.1 Å².